The second-order valence-electron chi connectivity index (χ2n) is 4.09. The van der Waals surface area contributed by atoms with E-state index in [0.717, 1.165) is 26.1 Å². The van der Waals surface area contributed by atoms with Crippen molar-refractivity contribution in [1.29, 1.82) is 5.26 Å². The molecule has 0 spiro atoms. The Hall–Kier alpha value is -1.33. The summed E-state index contributed by atoms with van der Waals surface area (Å²) in [4.78, 5) is 0. The molecule has 1 aliphatic rings. The van der Waals surface area contributed by atoms with Gasteiger partial charge >= 0.3 is 0 Å². The topological polar surface area (TPSA) is 33.0 Å². The Morgan fingerprint density at radius 3 is 2.47 bits per heavy atom. The van der Waals surface area contributed by atoms with Crippen LogP contribution in [0, 0.1) is 11.3 Å². The molecule has 1 aliphatic heterocycles. The molecule has 2 rings (SSSR count). The van der Waals surface area contributed by atoms with Gasteiger partial charge in [-0.15, -0.1) is 0 Å². The maximum atomic E-state index is 8.95. The van der Waals surface area contributed by atoms with Crippen molar-refractivity contribution in [3.63, 3.8) is 0 Å². The first-order chi connectivity index (χ1) is 7.37. The van der Waals surface area contributed by atoms with Gasteiger partial charge in [0.1, 0.15) is 0 Å². The van der Waals surface area contributed by atoms with E-state index in [9.17, 15) is 0 Å². The molecule has 1 heterocycles. The van der Waals surface area contributed by atoms with E-state index in [-0.39, 0.29) is 5.41 Å². The van der Waals surface area contributed by atoms with Crippen molar-refractivity contribution in [2.45, 2.75) is 24.7 Å². The summed E-state index contributed by atoms with van der Waals surface area (Å²) in [5.74, 6) is 0. The summed E-state index contributed by atoms with van der Waals surface area (Å²) < 4.78 is 5.38. The van der Waals surface area contributed by atoms with Gasteiger partial charge in [-0.3, -0.25) is 0 Å². The molecule has 0 saturated carbocycles. The molecule has 0 atom stereocenters. The molecule has 1 aromatic rings. The van der Waals surface area contributed by atoms with E-state index in [1.165, 1.54) is 5.56 Å². The number of nitriles is 1. The Morgan fingerprint density at radius 1 is 1.20 bits per heavy atom. The number of hydrogen-bond acceptors (Lipinski definition) is 2. The molecule has 0 bridgehead atoms. The highest BCUT2D eigenvalue weighted by atomic mass is 16.5. The zero-order valence-electron chi connectivity index (χ0n) is 8.78. The van der Waals surface area contributed by atoms with Crippen LogP contribution in [0.15, 0.2) is 30.3 Å². The summed E-state index contributed by atoms with van der Waals surface area (Å²) in [7, 11) is 0. The predicted octanol–water partition coefficient (Wildman–Crippen LogP) is 2.65. The molecule has 0 aliphatic carbocycles. The van der Waals surface area contributed by atoms with E-state index < -0.39 is 0 Å². The van der Waals surface area contributed by atoms with Crippen LogP contribution in [0.4, 0.5) is 0 Å². The van der Waals surface area contributed by atoms with Crippen LogP contribution in [0.1, 0.15) is 24.8 Å². The van der Waals surface area contributed by atoms with Crippen molar-refractivity contribution in [3.8, 4) is 6.07 Å². The summed E-state index contributed by atoms with van der Waals surface area (Å²) in [5.41, 5.74) is 1.32. The molecular formula is C13H15NO. The molecule has 1 fully saturated rings. The number of rotatable bonds is 2. The predicted molar refractivity (Wildman–Crippen MR) is 58.4 cm³/mol. The zero-order chi connectivity index (χ0) is 10.6. The molecular weight excluding hydrogens is 186 g/mol. The molecule has 0 radical (unpaired) electrons. The van der Waals surface area contributed by atoms with Crippen LogP contribution in [-0.4, -0.2) is 13.2 Å². The minimum atomic E-state index is 0.0360. The van der Waals surface area contributed by atoms with Crippen LogP contribution in [0.3, 0.4) is 0 Å². The monoisotopic (exact) mass is 201 g/mol. The fraction of sp³-hybridized carbons (Fsp3) is 0.462. The van der Waals surface area contributed by atoms with Gasteiger partial charge in [-0.2, -0.15) is 5.26 Å². The van der Waals surface area contributed by atoms with Crippen LogP contribution < -0.4 is 0 Å². The lowest BCUT2D eigenvalue weighted by Gasteiger charge is -2.35. The minimum absolute atomic E-state index is 0.0360. The minimum Gasteiger partial charge on any atom is -0.381 e. The molecule has 2 heteroatoms. The number of hydrogen-bond donors (Lipinski definition) is 0. The Bertz CT molecular complexity index is 347. The van der Waals surface area contributed by atoms with Crippen molar-refractivity contribution in [3.05, 3.63) is 35.9 Å². The van der Waals surface area contributed by atoms with Gasteiger partial charge in [0.2, 0.25) is 0 Å². The van der Waals surface area contributed by atoms with Gasteiger partial charge in [0.05, 0.1) is 6.07 Å². The lowest BCUT2D eigenvalue weighted by molar-refractivity contribution is 0.0515. The van der Waals surface area contributed by atoms with Crippen molar-refractivity contribution in [2.24, 2.45) is 0 Å². The fourth-order valence-electron chi connectivity index (χ4n) is 2.27. The molecule has 78 valence electrons. The number of benzene rings is 1. The van der Waals surface area contributed by atoms with Crippen LogP contribution in [0.25, 0.3) is 0 Å². The smallest absolute Gasteiger partial charge is 0.0631 e. The highest BCUT2D eigenvalue weighted by molar-refractivity contribution is 5.27. The van der Waals surface area contributed by atoms with Gasteiger partial charge in [-0.25, -0.2) is 0 Å². The maximum Gasteiger partial charge on any atom is 0.0631 e. The van der Waals surface area contributed by atoms with Crippen LogP contribution in [-0.2, 0) is 10.2 Å². The molecule has 15 heavy (non-hydrogen) atoms. The van der Waals surface area contributed by atoms with E-state index in [1.807, 2.05) is 18.2 Å². The second-order valence-corrected chi connectivity index (χ2v) is 4.09. The lowest BCUT2D eigenvalue weighted by Crippen LogP contribution is -2.33. The summed E-state index contributed by atoms with van der Waals surface area (Å²) in [6.45, 7) is 1.55. The molecule has 1 aromatic carbocycles. The first kappa shape index (κ1) is 10.2. The third-order valence-electron chi connectivity index (χ3n) is 3.25. The Kier molecular flexibility index (Phi) is 3.03. The van der Waals surface area contributed by atoms with Crippen LogP contribution >= 0.6 is 0 Å². The third kappa shape index (κ3) is 2.03. The fourth-order valence-corrected chi connectivity index (χ4v) is 2.27. The quantitative estimate of drug-likeness (QED) is 0.737. The normalized spacial score (nSPS) is 19.4. The first-order valence-corrected chi connectivity index (χ1v) is 5.38. The van der Waals surface area contributed by atoms with Gasteiger partial charge in [0, 0.05) is 25.0 Å². The first-order valence-electron chi connectivity index (χ1n) is 5.38. The van der Waals surface area contributed by atoms with E-state index >= 15 is 0 Å². The van der Waals surface area contributed by atoms with Gasteiger partial charge in [-0.1, -0.05) is 30.3 Å². The van der Waals surface area contributed by atoms with Gasteiger partial charge in [0.15, 0.2) is 0 Å². The van der Waals surface area contributed by atoms with Crippen molar-refractivity contribution in [1.82, 2.24) is 0 Å². The number of ether oxygens (including phenoxy) is 1. The zero-order valence-corrected chi connectivity index (χ0v) is 8.78. The highest BCUT2D eigenvalue weighted by Gasteiger charge is 2.33. The second kappa shape index (κ2) is 4.46. The Morgan fingerprint density at radius 2 is 1.87 bits per heavy atom. The summed E-state index contributed by atoms with van der Waals surface area (Å²) in [6, 6.07) is 12.7. The molecule has 0 unspecified atom stereocenters. The van der Waals surface area contributed by atoms with E-state index in [0.29, 0.717) is 6.42 Å². The van der Waals surface area contributed by atoms with Crippen LogP contribution in [0.5, 0.6) is 0 Å². The Balaban J connectivity index is 2.30. The van der Waals surface area contributed by atoms with Gasteiger partial charge < -0.3 is 4.74 Å². The van der Waals surface area contributed by atoms with Crippen molar-refractivity contribution in [2.75, 3.05) is 13.2 Å². The van der Waals surface area contributed by atoms with Crippen molar-refractivity contribution < 1.29 is 4.74 Å². The van der Waals surface area contributed by atoms with E-state index in [2.05, 4.69) is 18.2 Å². The maximum absolute atomic E-state index is 8.95. The molecule has 1 saturated heterocycles. The summed E-state index contributed by atoms with van der Waals surface area (Å²) in [6.07, 6.45) is 2.52. The summed E-state index contributed by atoms with van der Waals surface area (Å²) in [5, 5.41) is 8.95. The average Bonchev–Trinajstić information content (AvgIpc) is 2.32. The summed E-state index contributed by atoms with van der Waals surface area (Å²) >= 11 is 0. The Labute approximate surface area is 90.5 Å². The molecule has 2 nitrogen and oxygen atoms in total. The molecule has 0 amide bonds. The van der Waals surface area contributed by atoms with E-state index in [4.69, 9.17) is 10.00 Å². The van der Waals surface area contributed by atoms with Crippen LogP contribution in [0.2, 0.25) is 0 Å². The lowest BCUT2D eigenvalue weighted by atomic mass is 9.72. The molecule has 0 N–H and O–H groups in total. The number of nitrogens with zero attached hydrogens (tertiary/aromatic N) is 1. The van der Waals surface area contributed by atoms with Gasteiger partial charge in [-0.05, 0) is 18.4 Å². The van der Waals surface area contributed by atoms with Gasteiger partial charge in [0.25, 0.3) is 0 Å². The third-order valence-corrected chi connectivity index (χ3v) is 3.25. The average molecular weight is 201 g/mol. The largest absolute Gasteiger partial charge is 0.381 e. The highest BCUT2D eigenvalue weighted by Crippen LogP contribution is 2.37. The molecule has 0 aromatic heterocycles. The van der Waals surface area contributed by atoms with Crippen molar-refractivity contribution >= 4 is 0 Å². The standard InChI is InChI=1S/C13H15NO/c14-9-6-13(7-10-15-11-8-13)12-4-2-1-3-5-12/h1-5H,6-8,10-11H2. The SMILES string of the molecule is N#CCC1(c2ccccc2)CCOCC1. The van der Waals surface area contributed by atoms with E-state index in [1.54, 1.807) is 0 Å².